The highest BCUT2D eigenvalue weighted by molar-refractivity contribution is 5.58. The van der Waals surface area contributed by atoms with Gasteiger partial charge in [0.2, 0.25) is 0 Å². The molecule has 0 amide bonds. The third-order valence-corrected chi connectivity index (χ3v) is 2.31. The van der Waals surface area contributed by atoms with E-state index in [9.17, 15) is 0 Å². The quantitative estimate of drug-likeness (QED) is 0.755. The monoisotopic (exact) mass is 202 g/mol. The van der Waals surface area contributed by atoms with E-state index in [1.54, 1.807) is 0 Å². The molecule has 1 atom stereocenters. The standard InChI is InChI=1S/C13H18N2/c1-5-11(6-2)14-12-8-7-9-13(10-12)15(3)4/h1,7-11,14H,6H2,2-4H3. The van der Waals surface area contributed by atoms with Crippen molar-refractivity contribution in [3.63, 3.8) is 0 Å². The van der Waals surface area contributed by atoms with E-state index in [2.05, 4.69) is 35.2 Å². The lowest BCUT2D eigenvalue weighted by molar-refractivity contribution is 0.858. The van der Waals surface area contributed by atoms with Gasteiger partial charge in [-0.25, -0.2) is 0 Å². The van der Waals surface area contributed by atoms with E-state index in [1.165, 1.54) is 5.69 Å². The van der Waals surface area contributed by atoms with Crippen molar-refractivity contribution in [1.29, 1.82) is 0 Å². The van der Waals surface area contributed by atoms with Crippen molar-refractivity contribution in [3.8, 4) is 12.3 Å². The lowest BCUT2D eigenvalue weighted by Gasteiger charge is -2.16. The Balaban J connectivity index is 2.78. The molecule has 1 unspecified atom stereocenters. The molecule has 0 heterocycles. The molecular formula is C13H18N2. The van der Waals surface area contributed by atoms with Crippen molar-refractivity contribution < 1.29 is 0 Å². The molecule has 0 spiro atoms. The number of rotatable bonds is 4. The van der Waals surface area contributed by atoms with E-state index in [4.69, 9.17) is 6.42 Å². The summed E-state index contributed by atoms with van der Waals surface area (Å²) < 4.78 is 0. The molecule has 0 saturated carbocycles. The summed E-state index contributed by atoms with van der Waals surface area (Å²) in [5.41, 5.74) is 2.25. The summed E-state index contributed by atoms with van der Waals surface area (Å²) in [5.74, 6) is 2.72. The Hall–Kier alpha value is -1.62. The summed E-state index contributed by atoms with van der Waals surface area (Å²) in [6.45, 7) is 2.08. The zero-order chi connectivity index (χ0) is 11.3. The minimum Gasteiger partial charge on any atom is -0.378 e. The second-order valence-electron chi connectivity index (χ2n) is 3.72. The Bertz CT molecular complexity index is 350. The van der Waals surface area contributed by atoms with Crippen LogP contribution in [0.3, 0.4) is 0 Å². The summed E-state index contributed by atoms with van der Waals surface area (Å²) in [6.07, 6.45) is 6.34. The molecule has 1 N–H and O–H groups in total. The van der Waals surface area contributed by atoms with Crippen LogP contribution in [0.25, 0.3) is 0 Å². The predicted molar refractivity (Wildman–Crippen MR) is 67.3 cm³/mol. The first kappa shape index (κ1) is 11.5. The highest BCUT2D eigenvalue weighted by Gasteiger charge is 2.02. The van der Waals surface area contributed by atoms with E-state index in [1.807, 2.05) is 26.2 Å². The van der Waals surface area contributed by atoms with Crippen LogP contribution < -0.4 is 10.2 Å². The van der Waals surface area contributed by atoms with Gasteiger partial charge in [-0.15, -0.1) is 6.42 Å². The van der Waals surface area contributed by atoms with Crippen LogP contribution in [0.4, 0.5) is 11.4 Å². The fourth-order valence-electron chi connectivity index (χ4n) is 1.34. The van der Waals surface area contributed by atoms with Crippen molar-refractivity contribution in [2.75, 3.05) is 24.3 Å². The first-order chi connectivity index (χ1) is 7.17. The molecule has 0 aliphatic carbocycles. The van der Waals surface area contributed by atoms with E-state index in [-0.39, 0.29) is 6.04 Å². The van der Waals surface area contributed by atoms with E-state index in [0.717, 1.165) is 12.1 Å². The first-order valence-corrected chi connectivity index (χ1v) is 5.17. The number of anilines is 2. The SMILES string of the molecule is C#CC(CC)Nc1cccc(N(C)C)c1. The molecule has 15 heavy (non-hydrogen) atoms. The Morgan fingerprint density at radius 2 is 2.20 bits per heavy atom. The highest BCUT2D eigenvalue weighted by atomic mass is 15.1. The molecule has 0 aliphatic rings. The third kappa shape index (κ3) is 3.21. The molecule has 1 rings (SSSR count). The molecule has 0 aromatic heterocycles. The Labute approximate surface area is 92.3 Å². The van der Waals surface area contributed by atoms with Crippen LogP contribution in [-0.4, -0.2) is 20.1 Å². The average molecular weight is 202 g/mol. The van der Waals surface area contributed by atoms with Crippen LogP contribution >= 0.6 is 0 Å². The number of nitrogens with zero attached hydrogens (tertiary/aromatic N) is 1. The first-order valence-electron chi connectivity index (χ1n) is 5.17. The van der Waals surface area contributed by atoms with Gasteiger partial charge < -0.3 is 10.2 Å². The number of hydrogen-bond acceptors (Lipinski definition) is 2. The second kappa shape index (κ2) is 5.31. The van der Waals surface area contributed by atoms with Crippen LogP contribution in [0, 0.1) is 12.3 Å². The number of nitrogens with one attached hydrogen (secondary N) is 1. The summed E-state index contributed by atoms with van der Waals surface area (Å²) in [6, 6.07) is 8.35. The van der Waals surface area contributed by atoms with Crippen LogP contribution in [0.2, 0.25) is 0 Å². The van der Waals surface area contributed by atoms with Crippen molar-refractivity contribution in [2.45, 2.75) is 19.4 Å². The fraction of sp³-hybridized carbons (Fsp3) is 0.385. The largest absolute Gasteiger partial charge is 0.378 e. The molecule has 80 valence electrons. The van der Waals surface area contributed by atoms with Gasteiger partial charge in [-0.1, -0.05) is 18.9 Å². The Kier molecular flexibility index (Phi) is 4.05. The molecule has 0 aliphatic heterocycles. The minimum absolute atomic E-state index is 0.113. The zero-order valence-corrected chi connectivity index (χ0v) is 9.62. The number of benzene rings is 1. The molecule has 1 aromatic rings. The van der Waals surface area contributed by atoms with Gasteiger partial charge in [0.1, 0.15) is 0 Å². The van der Waals surface area contributed by atoms with Gasteiger partial charge in [0.15, 0.2) is 0 Å². The molecule has 0 fully saturated rings. The molecule has 2 nitrogen and oxygen atoms in total. The van der Waals surface area contributed by atoms with Crippen molar-refractivity contribution >= 4 is 11.4 Å². The van der Waals surface area contributed by atoms with Crippen molar-refractivity contribution in [2.24, 2.45) is 0 Å². The molecule has 2 heteroatoms. The molecular weight excluding hydrogens is 184 g/mol. The normalized spacial score (nSPS) is 11.6. The van der Waals surface area contributed by atoms with E-state index >= 15 is 0 Å². The molecule has 0 bridgehead atoms. The Morgan fingerprint density at radius 3 is 2.73 bits per heavy atom. The third-order valence-electron chi connectivity index (χ3n) is 2.31. The minimum atomic E-state index is 0.113. The Morgan fingerprint density at radius 1 is 1.47 bits per heavy atom. The van der Waals surface area contributed by atoms with Gasteiger partial charge in [0.25, 0.3) is 0 Å². The average Bonchev–Trinajstić information content (AvgIpc) is 2.26. The van der Waals surface area contributed by atoms with Gasteiger partial charge in [-0.2, -0.15) is 0 Å². The molecule has 0 radical (unpaired) electrons. The smallest absolute Gasteiger partial charge is 0.0871 e. The summed E-state index contributed by atoms with van der Waals surface area (Å²) in [7, 11) is 4.05. The second-order valence-corrected chi connectivity index (χ2v) is 3.72. The van der Waals surface area contributed by atoms with Gasteiger partial charge in [0, 0.05) is 25.5 Å². The van der Waals surface area contributed by atoms with Crippen molar-refractivity contribution in [3.05, 3.63) is 24.3 Å². The van der Waals surface area contributed by atoms with E-state index < -0.39 is 0 Å². The zero-order valence-electron chi connectivity index (χ0n) is 9.62. The summed E-state index contributed by atoms with van der Waals surface area (Å²) in [4.78, 5) is 2.07. The maximum absolute atomic E-state index is 5.41. The number of terminal acetylenes is 1. The van der Waals surface area contributed by atoms with Gasteiger partial charge in [-0.3, -0.25) is 0 Å². The highest BCUT2D eigenvalue weighted by Crippen LogP contribution is 2.18. The van der Waals surface area contributed by atoms with E-state index in [0.29, 0.717) is 0 Å². The lowest BCUT2D eigenvalue weighted by Crippen LogP contribution is -2.16. The molecule has 0 saturated heterocycles. The molecule has 1 aromatic carbocycles. The maximum atomic E-state index is 5.41. The van der Waals surface area contributed by atoms with Crippen LogP contribution in [0.5, 0.6) is 0 Å². The van der Waals surface area contributed by atoms with Gasteiger partial charge in [0.05, 0.1) is 6.04 Å². The lowest BCUT2D eigenvalue weighted by atomic mass is 10.2. The maximum Gasteiger partial charge on any atom is 0.0871 e. The number of hydrogen-bond donors (Lipinski definition) is 1. The van der Waals surface area contributed by atoms with Crippen LogP contribution in [0.1, 0.15) is 13.3 Å². The van der Waals surface area contributed by atoms with Gasteiger partial charge in [-0.05, 0) is 24.6 Å². The topological polar surface area (TPSA) is 15.3 Å². The summed E-state index contributed by atoms with van der Waals surface area (Å²) in [5, 5.41) is 3.31. The van der Waals surface area contributed by atoms with Crippen LogP contribution in [-0.2, 0) is 0 Å². The van der Waals surface area contributed by atoms with Crippen molar-refractivity contribution in [1.82, 2.24) is 0 Å². The summed E-state index contributed by atoms with van der Waals surface area (Å²) >= 11 is 0. The van der Waals surface area contributed by atoms with Gasteiger partial charge >= 0.3 is 0 Å². The van der Waals surface area contributed by atoms with Crippen LogP contribution in [0.15, 0.2) is 24.3 Å². The fourth-order valence-corrected chi connectivity index (χ4v) is 1.34. The predicted octanol–water partition coefficient (Wildman–Crippen LogP) is 2.58.